The predicted octanol–water partition coefficient (Wildman–Crippen LogP) is 2.21. The van der Waals surface area contributed by atoms with Gasteiger partial charge < -0.3 is 10.4 Å². The predicted molar refractivity (Wildman–Crippen MR) is 81.3 cm³/mol. The average molecular weight is 286 g/mol. The summed E-state index contributed by atoms with van der Waals surface area (Å²) in [6, 6.07) is 4.03. The molecule has 0 bridgehead atoms. The van der Waals surface area contributed by atoms with E-state index in [1.54, 1.807) is 17.1 Å². The smallest absolute Gasteiger partial charge is 0.151 e. The molecule has 1 heterocycles. The first-order valence-corrected chi connectivity index (χ1v) is 7.46. The number of aromatic hydroxyl groups is 1. The molecule has 2 unspecified atom stereocenters. The minimum absolute atomic E-state index is 0.221. The molecule has 2 aromatic rings. The highest BCUT2D eigenvalue weighted by Gasteiger charge is 2.31. The van der Waals surface area contributed by atoms with E-state index >= 15 is 0 Å². The van der Waals surface area contributed by atoms with E-state index in [0.29, 0.717) is 11.7 Å². The summed E-state index contributed by atoms with van der Waals surface area (Å²) in [4.78, 5) is 4.23. The normalized spacial score (nSPS) is 20.7. The maximum atomic E-state index is 10.2. The van der Waals surface area contributed by atoms with Gasteiger partial charge in [0.1, 0.15) is 12.1 Å². The lowest BCUT2D eigenvalue weighted by Gasteiger charge is -2.15. The van der Waals surface area contributed by atoms with E-state index in [0.717, 1.165) is 30.8 Å². The van der Waals surface area contributed by atoms with Crippen LogP contribution in [0.1, 0.15) is 47.8 Å². The number of aromatic nitrogens is 3. The highest BCUT2D eigenvalue weighted by molar-refractivity contribution is 5.50. The summed E-state index contributed by atoms with van der Waals surface area (Å²) >= 11 is 0. The number of aryl methyl sites for hydroxylation is 2. The molecule has 0 fully saturated rings. The van der Waals surface area contributed by atoms with Crippen LogP contribution < -0.4 is 5.32 Å². The number of hydrogen-bond acceptors (Lipinski definition) is 4. The topological polar surface area (TPSA) is 63.0 Å². The Bertz CT molecular complexity index is 650. The number of hydrogen-bond donors (Lipinski definition) is 2. The standard InChI is InChI=1S/C16H22N4O/c1-10-4-5-13(21)16-12(8-11(2)15(10)16)17-7-6-14-18-9-20(3)19-14/h4-5,9,11-12,17,21H,6-8H2,1-3H3. The van der Waals surface area contributed by atoms with Gasteiger partial charge in [-0.25, -0.2) is 4.98 Å². The second-order valence-electron chi connectivity index (χ2n) is 5.96. The van der Waals surface area contributed by atoms with E-state index in [-0.39, 0.29) is 6.04 Å². The highest BCUT2D eigenvalue weighted by Crippen LogP contribution is 2.45. The van der Waals surface area contributed by atoms with Crippen LogP contribution in [-0.2, 0) is 13.5 Å². The lowest BCUT2D eigenvalue weighted by molar-refractivity contribution is 0.446. The van der Waals surface area contributed by atoms with Gasteiger partial charge in [0, 0.05) is 31.6 Å². The molecule has 5 heteroatoms. The first kappa shape index (κ1) is 14.1. The van der Waals surface area contributed by atoms with E-state index in [2.05, 4.69) is 29.2 Å². The van der Waals surface area contributed by atoms with Crippen LogP contribution in [0.15, 0.2) is 18.5 Å². The van der Waals surface area contributed by atoms with Crippen molar-refractivity contribution < 1.29 is 5.11 Å². The number of phenolic OH excluding ortho intramolecular Hbond substituents is 1. The van der Waals surface area contributed by atoms with Crippen LogP contribution in [0.2, 0.25) is 0 Å². The first-order valence-electron chi connectivity index (χ1n) is 7.46. The molecule has 1 aromatic carbocycles. The third-order valence-electron chi connectivity index (χ3n) is 4.30. The van der Waals surface area contributed by atoms with E-state index in [4.69, 9.17) is 0 Å². The van der Waals surface area contributed by atoms with Crippen molar-refractivity contribution in [1.82, 2.24) is 20.1 Å². The molecular weight excluding hydrogens is 264 g/mol. The quantitative estimate of drug-likeness (QED) is 0.904. The second kappa shape index (κ2) is 5.48. The zero-order chi connectivity index (χ0) is 15.0. The first-order chi connectivity index (χ1) is 10.1. The van der Waals surface area contributed by atoms with Gasteiger partial charge in [-0.1, -0.05) is 13.0 Å². The molecule has 0 saturated carbocycles. The van der Waals surface area contributed by atoms with Crippen LogP contribution in [0.4, 0.5) is 0 Å². The van der Waals surface area contributed by atoms with Crippen molar-refractivity contribution >= 4 is 0 Å². The molecule has 0 saturated heterocycles. The molecule has 0 aliphatic heterocycles. The molecule has 2 atom stereocenters. The van der Waals surface area contributed by atoms with E-state index in [1.165, 1.54) is 11.1 Å². The van der Waals surface area contributed by atoms with Gasteiger partial charge in [0.2, 0.25) is 0 Å². The summed E-state index contributed by atoms with van der Waals surface area (Å²) in [7, 11) is 1.87. The maximum Gasteiger partial charge on any atom is 0.151 e. The number of rotatable bonds is 4. The molecule has 5 nitrogen and oxygen atoms in total. The van der Waals surface area contributed by atoms with Crippen molar-refractivity contribution in [3.63, 3.8) is 0 Å². The summed E-state index contributed by atoms with van der Waals surface area (Å²) in [5, 5.41) is 18.0. The molecule has 112 valence electrons. The Hall–Kier alpha value is -1.88. The van der Waals surface area contributed by atoms with Gasteiger partial charge in [-0.3, -0.25) is 4.68 Å². The molecule has 1 aliphatic carbocycles. The van der Waals surface area contributed by atoms with Gasteiger partial charge in [0.05, 0.1) is 0 Å². The fourth-order valence-corrected chi connectivity index (χ4v) is 3.39. The molecule has 1 aromatic heterocycles. The average Bonchev–Trinajstić information content (AvgIpc) is 2.99. The Kier molecular flexibility index (Phi) is 3.68. The minimum atomic E-state index is 0.221. The van der Waals surface area contributed by atoms with Crippen molar-refractivity contribution in [2.75, 3.05) is 6.54 Å². The molecular formula is C16H22N4O. The number of phenols is 1. The van der Waals surface area contributed by atoms with E-state index in [1.807, 2.05) is 13.1 Å². The van der Waals surface area contributed by atoms with Gasteiger partial charge in [-0.15, -0.1) is 0 Å². The molecule has 0 spiro atoms. The number of nitrogens with zero attached hydrogens (tertiary/aromatic N) is 3. The van der Waals surface area contributed by atoms with Crippen molar-refractivity contribution in [3.8, 4) is 5.75 Å². The third kappa shape index (κ3) is 2.65. The van der Waals surface area contributed by atoms with Crippen molar-refractivity contribution in [2.45, 2.75) is 38.6 Å². The molecule has 1 aliphatic rings. The van der Waals surface area contributed by atoms with E-state index in [9.17, 15) is 5.11 Å². The zero-order valence-corrected chi connectivity index (χ0v) is 12.8. The van der Waals surface area contributed by atoms with Gasteiger partial charge in [0.25, 0.3) is 0 Å². The monoisotopic (exact) mass is 286 g/mol. The Morgan fingerprint density at radius 3 is 2.90 bits per heavy atom. The molecule has 0 radical (unpaired) electrons. The summed E-state index contributed by atoms with van der Waals surface area (Å²) in [6.45, 7) is 5.16. The number of benzene rings is 1. The van der Waals surface area contributed by atoms with E-state index < -0.39 is 0 Å². The van der Waals surface area contributed by atoms with Crippen LogP contribution >= 0.6 is 0 Å². The Labute approximate surface area is 125 Å². The van der Waals surface area contributed by atoms with Gasteiger partial charge in [-0.05, 0) is 36.5 Å². The minimum Gasteiger partial charge on any atom is -0.508 e. The largest absolute Gasteiger partial charge is 0.508 e. The van der Waals surface area contributed by atoms with Crippen LogP contribution in [0, 0.1) is 6.92 Å². The zero-order valence-electron chi connectivity index (χ0n) is 12.8. The summed E-state index contributed by atoms with van der Waals surface area (Å²) in [5.41, 5.74) is 3.66. The van der Waals surface area contributed by atoms with Crippen LogP contribution in [-0.4, -0.2) is 26.4 Å². The number of fused-ring (bicyclic) bond motifs is 1. The number of nitrogens with one attached hydrogen (secondary N) is 1. The van der Waals surface area contributed by atoms with Crippen LogP contribution in [0.25, 0.3) is 0 Å². The Morgan fingerprint density at radius 2 is 2.19 bits per heavy atom. The van der Waals surface area contributed by atoms with Gasteiger partial charge >= 0.3 is 0 Å². The molecule has 0 amide bonds. The fourth-order valence-electron chi connectivity index (χ4n) is 3.39. The molecule has 3 rings (SSSR count). The fraction of sp³-hybridized carbons (Fsp3) is 0.500. The molecule has 2 N–H and O–H groups in total. The van der Waals surface area contributed by atoms with Gasteiger partial charge in [-0.2, -0.15) is 5.10 Å². The van der Waals surface area contributed by atoms with Gasteiger partial charge in [0.15, 0.2) is 5.82 Å². The summed E-state index contributed by atoms with van der Waals surface area (Å²) < 4.78 is 1.72. The lowest BCUT2D eigenvalue weighted by Crippen LogP contribution is -2.22. The lowest BCUT2D eigenvalue weighted by atomic mass is 9.97. The Balaban J connectivity index is 1.70. The third-order valence-corrected chi connectivity index (χ3v) is 4.30. The SMILES string of the molecule is Cc1ccc(O)c2c1C(C)CC2NCCc1ncn(C)n1. The van der Waals surface area contributed by atoms with Crippen molar-refractivity contribution in [2.24, 2.45) is 7.05 Å². The Morgan fingerprint density at radius 1 is 1.38 bits per heavy atom. The van der Waals surface area contributed by atoms with Crippen molar-refractivity contribution in [3.05, 3.63) is 41.0 Å². The summed E-state index contributed by atoms with van der Waals surface area (Å²) in [6.07, 6.45) is 3.55. The summed E-state index contributed by atoms with van der Waals surface area (Å²) in [5.74, 6) is 1.75. The highest BCUT2D eigenvalue weighted by atomic mass is 16.3. The van der Waals surface area contributed by atoms with Crippen LogP contribution in [0.3, 0.4) is 0 Å². The van der Waals surface area contributed by atoms with Crippen molar-refractivity contribution in [1.29, 1.82) is 0 Å². The van der Waals surface area contributed by atoms with Crippen LogP contribution in [0.5, 0.6) is 5.75 Å². The second-order valence-corrected chi connectivity index (χ2v) is 5.96. The molecule has 21 heavy (non-hydrogen) atoms. The maximum absolute atomic E-state index is 10.2.